The van der Waals surface area contributed by atoms with Gasteiger partial charge >= 0.3 is 0 Å². The predicted octanol–water partition coefficient (Wildman–Crippen LogP) is 3.28. The van der Waals surface area contributed by atoms with E-state index in [1.165, 1.54) is 11.8 Å². The molecule has 4 rings (SSSR count). The highest BCUT2D eigenvalue weighted by Crippen LogP contribution is 2.31. The molecule has 2 aliphatic rings. The Morgan fingerprint density at radius 2 is 2.04 bits per heavy atom. The number of carbonyl (C=O) groups is 1. The molecule has 1 amide bonds. The maximum atomic E-state index is 12.8. The van der Waals surface area contributed by atoms with Crippen molar-refractivity contribution in [3.8, 4) is 0 Å². The molecule has 27 heavy (non-hydrogen) atoms. The number of nitrogens with zero attached hydrogens (tertiary/aromatic N) is 2. The molecule has 6 heteroatoms. The number of anilines is 1. The number of para-hydroxylation sites is 1. The molecule has 1 aromatic heterocycles. The third kappa shape index (κ3) is 3.49. The highest BCUT2D eigenvalue weighted by Gasteiger charge is 2.46. The lowest BCUT2D eigenvalue weighted by Crippen LogP contribution is -2.56. The molecule has 0 radical (unpaired) electrons. The average molecular weight is 366 g/mol. The molecule has 6 nitrogen and oxygen atoms in total. The number of fused-ring (bicyclic) bond motifs is 1. The second-order valence-electron chi connectivity index (χ2n) is 8.30. The van der Waals surface area contributed by atoms with Crippen LogP contribution in [0, 0.1) is 0 Å². The summed E-state index contributed by atoms with van der Waals surface area (Å²) in [4.78, 5) is 19.6. The standard InChI is InChI=1S/C21H26N4O2/c1-20(2,3)24-19-21(22-13-15-7-4-5-8-16(15)23-19)10-11-25(14-21)18(26)17-9-6-12-27-17/h4-9,12,22H,10-11,13-14H2,1-3H3,(H,23,24). The molecule has 0 saturated carbocycles. The summed E-state index contributed by atoms with van der Waals surface area (Å²) in [6, 6.07) is 11.7. The van der Waals surface area contributed by atoms with E-state index in [1.807, 2.05) is 17.0 Å². The van der Waals surface area contributed by atoms with Gasteiger partial charge in [0.2, 0.25) is 0 Å². The molecule has 1 atom stereocenters. The Morgan fingerprint density at radius 1 is 1.22 bits per heavy atom. The number of nitrogens with one attached hydrogen (secondary N) is 2. The zero-order chi connectivity index (χ0) is 19.1. The van der Waals surface area contributed by atoms with Crippen molar-refractivity contribution in [2.24, 2.45) is 4.99 Å². The first-order valence-electron chi connectivity index (χ1n) is 9.39. The highest BCUT2D eigenvalue weighted by molar-refractivity contribution is 6.05. The second-order valence-corrected chi connectivity index (χ2v) is 8.30. The van der Waals surface area contributed by atoms with Crippen LogP contribution in [0.5, 0.6) is 0 Å². The fourth-order valence-electron chi connectivity index (χ4n) is 3.74. The number of hydrogen-bond donors (Lipinski definition) is 2. The zero-order valence-electron chi connectivity index (χ0n) is 16.1. The maximum absolute atomic E-state index is 12.8. The molecule has 3 heterocycles. The van der Waals surface area contributed by atoms with E-state index in [-0.39, 0.29) is 11.4 Å². The fraction of sp³-hybridized carbons (Fsp3) is 0.429. The van der Waals surface area contributed by atoms with Crippen LogP contribution < -0.4 is 10.6 Å². The molecule has 0 bridgehead atoms. The van der Waals surface area contributed by atoms with E-state index in [0.717, 1.165) is 24.5 Å². The molecule has 1 saturated heterocycles. The SMILES string of the molecule is CC(C)(C)N=C1Nc2ccccc2CNC12CCN(C(=O)c1ccco1)C2. The van der Waals surface area contributed by atoms with Crippen LogP contribution in [0.1, 0.15) is 43.3 Å². The van der Waals surface area contributed by atoms with Gasteiger partial charge in [0.1, 0.15) is 5.84 Å². The molecular formula is C21H26N4O2. The van der Waals surface area contributed by atoms with Crippen LogP contribution in [0.4, 0.5) is 5.69 Å². The summed E-state index contributed by atoms with van der Waals surface area (Å²) < 4.78 is 5.31. The van der Waals surface area contributed by atoms with Gasteiger partial charge in [-0.3, -0.25) is 15.1 Å². The van der Waals surface area contributed by atoms with Gasteiger partial charge < -0.3 is 14.6 Å². The number of carbonyl (C=O) groups excluding carboxylic acids is 1. The minimum atomic E-state index is -0.394. The number of amides is 1. The first kappa shape index (κ1) is 17.8. The van der Waals surface area contributed by atoms with Gasteiger partial charge in [0.15, 0.2) is 5.76 Å². The second kappa shape index (κ2) is 6.53. The minimum Gasteiger partial charge on any atom is -0.459 e. The fourth-order valence-corrected chi connectivity index (χ4v) is 3.74. The molecule has 1 fully saturated rings. The van der Waals surface area contributed by atoms with Crippen LogP contribution >= 0.6 is 0 Å². The van der Waals surface area contributed by atoms with Crippen molar-refractivity contribution < 1.29 is 9.21 Å². The van der Waals surface area contributed by atoms with Crippen molar-refractivity contribution in [2.45, 2.75) is 44.8 Å². The topological polar surface area (TPSA) is 69.9 Å². The number of hydrogen-bond acceptors (Lipinski definition) is 4. The van der Waals surface area contributed by atoms with E-state index in [4.69, 9.17) is 9.41 Å². The molecule has 142 valence electrons. The molecule has 1 aromatic carbocycles. The van der Waals surface area contributed by atoms with E-state index in [9.17, 15) is 4.79 Å². The molecule has 2 N–H and O–H groups in total. The van der Waals surface area contributed by atoms with Crippen LogP contribution in [-0.2, 0) is 6.54 Å². The summed E-state index contributed by atoms with van der Waals surface area (Å²) in [5, 5.41) is 7.27. The van der Waals surface area contributed by atoms with Crippen LogP contribution in [0.2, 0.25) is 0 Å². The summed E-state index contributed by atoms with van der Waals surface area (Å²) in [7, 11) is 0. The van der Waals surface area contributed by atoms with E-state index in [1.54, 1.807) is 12.1 Å². The zero-order valence-corrected chi connectivity index (χ0v) is 16.1. The summed E-state index contributed by atoms with van der Waals surface area (Å²) in [6.07, 6.45) is 2.34. The van der Waals surface area contributed by atoms with E-state index in [2.05, 4.69) is 43.5 Å². The monoisotopic (exact) mass is 366 g/mol. The van der Waals surface area contributed by atoms with Crippen LogP contribution in [-0.4, -0.2) is 40.8 Å². The lowest BCUT2D eigenvalue weighted by molar-refractivity contribution is 0.0754. The Morgan fingerprint density at radius 3 is 2.78 bits per heavy atom. The molecule has 1 unspecified atom stereocenters. The Kier molecular flexibility index (Phi) is 4.30. The Hall–Kier alpha value is -2.60. The average Bonchev–Trinajstić information content (AvgIpc) is 3.27. The lowest BCUT2D eigenvalue weighted by atomic mass is 9.95. The van der Waals surface area contributed by atoms with Gasteiger partial charge in [0.25, 0.3) is 5.91 Å². The summed E-state index contributed by atoms with van der Waals surface area (Å²) >= 11 is 0. The maximum Gasteiger partial charge on any atom is 0.289 e. The lowest BCUT2D eigenvalue weighted by Gasteiger charge is -2.32. The largest absolute Gasteiger partial charge is 0.459 e. The van der Waals surface area contributed by atoms with E-state index < -0.39 is 5.54 Å². The molecule has 0 aliphatic carbocycles. The first-order valence-corrected chi connectivity index (χ1v) is 9.39. The van der Waals surface area contributed by atoms with Gasteiger partial charge in [0, 0.05) is 25.3 Å². The molecule has 2 aliphatic heterocycles. The van der Waals surface area contributed by atoms with Crippen molar-refractivity contribution in [1.82, 2.24) is 10.2 Å². The smallest absolute Gasteiger partial charge is 0.289 e. The molecule has 1 spiro atoms. The Balaban J connectivity index is 1.68. The normalized spacial score (nSPS) is 24.0. The predicted molar refractivity (Wildman–Crippen MR) is 106 cm³/mol. The summed E-state index contributed by atoms with van der Waals surface area (Å²) in [6.45, 7) is 8.22. The van der Waals surface area contributed by atoms with Gasteiger partial charge in [-0.1, -0.05) is 18.2 Å². The summed E-state index contributed by atoms with van der Waals surface area (Å²) in [5.41, 5.74) is 1.65. The number of amidine groups is 1. The van der Waals surface area contributed by atoms with E-state index >= 15 is 0 Å². The van der Waals surface area contributed by atoms with Gasteiger partial charge in [-0.2, -0.15) is 0 Å². The molecule has 2 aromatic rings. The number of furan rings is 1. The van der Waals surface area contributed by atoms with Gasteiger partial charge in [-0.05, 0) is 51.0 Å². The minimum absolute atomic E-state index is 0.0736. The Labute approximate surface area is 159 Å². The van der Waals surface area contributed by atoms with Crippen molar-refractivity contribution in [2.75, 3.05) is 18.4 Å². The third-order valence-corrected chi connectivity index (χ3v) is 5.08. The quantitative estimate of drug-likeness (QED) is 0.813. The van der Waals surface area contributed by atoms with Crippen molar-refractivity contribution >= 4 is 17.4 Å². The van der Waals surface area contributed by atoms with Gasteiger partial charge in [0.05, 0.1) is 17.3 Å². The van der Waals surface area contributed by atoms with Crippen LogP contribution in [0.15, 0.2) is 52.1 Å². The molecular weight excluding hydrogens is 340 g/mol. The van der Waals surface area contributed by atoms with Crippen molar-refractivity contribution in [1.29, 1.82) is 0 Å². The number of benzene rings is 1. The Bertz CT molecular complexity index is 867. The van der Waals surface area contributed by atoms with Gasteiger partial charge in [-0.25, -0.2) is 0 Å². The summed E-state index contributed by atoms with van der Waals surface area (Å²) in [5.74, 6) is 1.21. The van der Waals surface area contributed by atoms with Crippen molar-refractivity contribution in [3.63, 3.8) is 0 Å². The first-order chi connectivity index (χ1) is 12.9. The van der Waals surface area contributed by atoms with Gasteiger partial charge in [-0.15, -0.1) is 0 Å². The highest BCUT2D eigenvalue weighted by atomic mass is 16.3. The van der Waals surface area contributed by atoms with Crippen LogP contribution in [0.25, 0.3) is 0 Å². The van der Waals surface area contributed by atoms with Crippen LogP contribution in [0.3, 0.4) is 0 Å². The van der Waals surface area contributed by atoms with Crippen molar-refractivity contribution in [3.05, 3.63) is 54.0 Å². The van der Waals surface area contributed by atoms with E-state index in [0.29, 0.717) is 18.8 Å². The number of rotatable bonds is 1. The third-order valence-electron chi connectivity index (χ3n) is 5.08. The number of likely N-dealkylation sites (tertiary alicyclic amines) is 1. The number of aliphatic imine (C=N–C) groups is 1.